The van der Waals surface area contributed by atoms with Gasteiger partial charge in [-0.3, -0.25) is 14.4 Å². The van der Waals surface area contributed by atoms with Gasteiger partial charge in [0.25, 0.3) is 5.91 Å². The second-order valence-corrected chi connectivity index (χ2v) is 7.64. The van der Waals surface area contributed by atoms with E-state index < -0.39 is 0 Å². The molecule has 2 N–H and O–H groups in total. The summed E-state index contributed by atoms with van der Waals surface area (Å²) >= 11 is 6.06. The number of hydrogen-bond acceptors (Lipinski definition) is 4. The molecular formula is C23H24ClN3O4. The lowest BCUT2D eigenvalue weighted by molar-refractivity contribution is -0.126. The maximum atomic E-state index is 12.3. The SMILES string of the molecule is C=CCNC(=O)[C@H]1CC(=O)N(c2ccc(OCC(=O)Nc3ccc(C)c(Cl)c3)cc2)C1. The summed E-state index contributed by atoms with van der Waals surface area (Å²) < 4.78 is 5.52. The zero-order valence-electron chi connectivity index (χ0n) is 17.2. The first-order valence-electron chi connectivity index (χ1n) is 9.85. The van der Waals surface area contributed by atoms with Crippen molar-refractivity contribution in [1.82, 2.24) is 5.32 Å². The summed E-state index contributed by atoms with van der Waals surface area (Å²) in [6.45, 7) is 5.98. The molecule has 1 heterocycles. The lowest BCUT2D eigenvalue weighted by Gasteiger charge is -2.17. The van der Waals surface area contributed by atoms with E-state index in [0.717, 1.165) is 5.56 Å². The average Bonchev–Trinajstić information content (AvgIpc) is 3.15. The minimum Gasteiger partial charge on any atom is -0.484 e. The largest absolute Gasteiger partial charge is 0.484 e. The van der Waals surface area contributed by atoms with Crippen LogP contribution in [0.25, 0.3) is 0 Å². The number of nitrogens with zero attached hydrogens (tertiary/aromatic N) is 1. The Morgan fingerprint density at radius 3 is 2.68 bits per heavy atom. The maximum absolute atomic E-state index is 12.3. The van der Waals surface area contributed by atoms with E-state index in [4.69, 9.17) is 16.3 Å². The van der Waals surface area contributed by atoms with Crippen molar-refractivity contribution in [3.05, 3.63) is 65.7 Å². The molecule has 1 aliphatic rings. The van der Waals surface area contributed by atoms with Crippen molar-refractivity contribution in [3.63, 3.8) is 0 Å². The van der Waals surface area contributed by atoms with E-state index in [9.17, 15) is 14.4 Å². The van der Waals surface area contributed by atoms with Crippen molar-refractivity contribution in [2.75, 3.05) is 29.9 Å². The fourth-order valence-corrected chi connectivity index (χ4v) is 3.37. The summed E-state index contributed by atoms with van der Waals surface area (Å²) in [5.41, 5.74) is 2.20. The van der Waals surface area contributed by atoms with E-state index in [1.165, 1.54) is 0 Å². The average molecular weight is 442 g/mol. The van der Waals surface area contributed by atoms with E-state index in [2.05, 4.69) is 17.2 Å². The molecule has 3 amide bonds. The summed E-state index contributed by atoms with van der Waals surface area (Å²) in [7, 11) is 0. The zero-order valence-corrected chi connectivity index (χ0v) is 17.9. The normalized spacial score (nSPS) is 15.5. The number of ether oxygens (including phenoxy) is 1. The Balaban J connectivity index is 1.52. The second kappa shape index (κ2) is 10.1. The number of carbonyl (C=O) groups excluding carboxylic acids is 3. The number of nitrogens with one attached hydrogen (secondary N) is 2. The topological polar surface area (TPSA) is 87.7 Å². The van der Waals surface area contributed by atoms with Crippen LogP contribution >= 0.6 is 11.6 Å². The Hall–Kier alpha value is -3.32. The zero-order chi connectivity index (χ0) is 22.4. The van der Waals surface area contributed by atoms with E-state index in [-0.39, 0.29) is 36.7 Å². The highest BCUT2D eigenvalue weighted by Crippen LogP contribution is 2.27. The number of halogens is 1. The first-order chi connectivity index (χ1) is 14.9. The highest BCUT2D eigenvalue weighted by molar-refractivity contribution is 6.31. The molecule has 1 saturated heterocycles. The van der Waals surface area contributed by atoms with Crippen molar-refractivity contribution < 1.29 is 19.1 Å². The van der Waals surface area contributed by atoms with E-state index in [1.54, 1.807) is 47.4 Å². The predicted octanol–water partition coefficient (Wildman–Crippen LogP) is 3.32. The van der Waals surface area contributed by atoms with Gasteiger partial charge in [-0.15, -0.1) is 6.58 Å². The van der Waals surface area contributed by atoms with Gasteiger partial charge in [-0.2, -0.15) is 0 Å². The second-order valence-electron chi connectivity index (χ2n) is 7.23. The maximum Gasteiger partial charge on any atom is 0.262 e. The van der Waals surface area contributed by atoms with Gasteiger partial charge in [0.15, 0.2) is 6.61 Å². The van der Waals surface area contributed by atoms with Gasteiger partial charge >= 0.3 is 0 Å². The van der Waals surface area contributed by atoms with E-state index in [1.807, 2.05) is 13.0 Å². The van der Waals surface area contributed by atoms with Crippen molar-refractivity contribution >= 4 is 40.7 Å². The molecule has 7 nitrogen and oxygen atoms in total. The Morgan fingerprint density at radius 2 is 2.00 bits per heavy atom. The molecule has 162 valence electrons. The Labute approximate surface area is 186 Å². The van der Waals surface area contributed by atoms with Gasteiger partial charge in [-0.05, 0) is 48.9 Å². The Morgan fingerprint density at radius 1 is 1.26 bits per heavy atom. The minimum atomic E-state index is -0.387. The molecule has 0 bridgehead atoms. The lowest BCUT2D eigenvalue weighted by Crippen LogP contribution is -2.32. The van der Waals surface area contributed by atoms with Crippen LogP contribution in [0.1, 0.15) is 12.0 Å². The van der Waals surface area contributed by atoms with Crippen molar-refractivity contribution in [1.29, 1.82) is 0 Å². The fourth-order valence-electron chi connectivity index (χ4n) is 3.19. The molecule has 0 spiro atoms. The summed E-state index contributed by atoms with van der Waals surface area (Å²) in [5.74, 6) is -0.470. The molecule has 3 rings (SSSR count). The lowest BCUT2D eigenvalue weighted by atomic mass is 10.1. The van der Waals surface area contributed by atoms with Crippen LogP contribution in [0.2, 0.25) is 5.02 Å². The number of hydrogen-bond donors (Lipinski definition) is 2. The first kappa shape index (κ1) is 22.4. The Bertz CT molecular complexity index is 991. The molecule has 1 aliphatic heterocycles. The number of anilines is 2. The summed E-state index contributed by atoms with van der Waals surface area (Å²) in [5, 5.41) is 6.03. The van der Waals surface area contributed by atoms with Crippen LogP contribution in [0.5, 0.6) is 5.75 Å². The summed E-state index contributed by atoms with van der Waals surface area (Å²) in [6, 6.07) is 12.1. The highest BCUT2D eigenvalue weighted by atomic mass is 35.5. The van der Waals surface area contributed by atoms with Crippen molar-refractivity contribution in [2.24, 2.45) is 5.92 Å². The fraction of sp³-hybridized carbons (Fsp3) is 0.261. The van der Waals surface area contributed by atoms with Gasteiger partial charge in [-0.25, -0.2) is 0 Å². The third-order valence-electron chi connectivity index (χ3n) is 4.89. The van der Waals surface area contributed by atoms with Crippen LogP contribution in [0, 0.1) is 12.8 Å². The van der Waals surface area contributed by atoms with E-state index >= 15 is 0 Å². The number of rotatable bonds is 8. The van der Waals surface area contributed by atoms with Gasteiger partial charge in [0.05, 0.1) is 5.92 Å². The first-order valence-corrected chi connectivity index (χ1v) is 10.2. The monoisotopic (exact) mass is 441 g/mol. The smallest absolute Gasteiger partial charge is 0.262 e. The molecule has 31 heavy (non-hydrogen) atoms. The van der Waals surface area contributed by atoms with Gasteiger partial charge in [0.1, 0.15) is 5.75 Å². The molecule has 0 saturated carbocycles. The molecule has 0 aliphatic carbocycles. The summed E-state index contributed by atoms with van der Waals surface area (Å²) in [6.07, 6.45) is 1.77. The third kappa shape index (κ3) is 5.86. The standard InChI is InChI=1S/C23H24ClN3O4/c1-3-10-25-23(30)16-11-22(29)27(13-16)18-6-8-19(9-7-18)31-14-21(28)26-17-5-4-15(2)20(24)12-17/h3-9,12,16H,1,10-11,13-14H2,2H3,(H,25,30)(H,26,28)/t16-/m0/s1. The number of aryl methyl sites for hydroxylation is 1. The molecule has 0 radical (unpaired) electrons. The van der Waals surface area contributed by atoms with Crippen molar-refractivity contribution in [3.8, 4) is 5.75 Å². The quantitative estimate of drug-likeness (QED) is 0.615. The molecular weight excluding hydrogens is 418 g/mol. The van der Waals surface area contributed by atoms with Gasteiger partial charge < -0.3 is 20.3 Å². The van der Waals surface area contributed by atoms with Gasteiger partial charge in [0, 0.05) is 35.9 Å². The molecule has 2 aromatic carbocycles. The van der Waals surface area contributed by atoms with Crippen molar-refractivity contribution in [2.45, 2.75) is 13.3 Å². The van der Waals surface area contributed by atoms with Crippen LogP contribution in [-0.2, 0) is 14.4 Å². The van der Waals surface area contributed by atoms with Gasteiger partial charge in [0.2, 0.25) is 11.8 Å². The molecule has 8 heteroatoms. The molecule has 0 aromatic heterocycles. The summed E-state index contributed by atoms with van der Waals surface area (Å²) in [4.78, 5) is 38.1. The van der Waals surface area contributed by atoms with E-state index in [0.29, 0.717) is 35.2 Å². The van der Waals surface area contributed by atoms with Gasteiger partial charge in [-0.1, -0.05) is 23.7 Å². The Kier molecular flexibility index (Phi) is 7.31. The highest BCUT2D eigenvalue weighted by Gasteiger charge is 2.34. The van der Waals surface area contributed by atoms with Crippen LogP contribution in [0.3, 0.4) is 0 Å². The number of benzene rings is 2. The van der Waals surface area contributed by atoms with Crippen LogP contribution < -0.4 is 20.3 Å². The minimum absolute atomic E-state index is 0.108. The molecule has 0 unspecified atom stereocenters. The third-order valence-corrected chi connectivity index (χ3v) is 5.30. The number of amides is 3. The number of carbonyl (C=O) groups is 3. The van der Waals surface area contributed by atoms with Crippen LogP contribution in [-0.4, -0.2) is 37.4 Å². The molecule has 2 aromatic rings. The molecule has 1 fully saturated rings. The molecule has 1 atom stereocenters. The predicted molar refractivity (Wildman–Crippen MR) is 120 cm³/mol. The van der Waals surface area contributed by atoms with Crippen LogP contribution in [0.4, 0.5) is 11.4 Å². The van der Waals surface area contributed by atoms with Crippen LogP contribution in [0.15, 0.2) is 55.1 Å².